The highest BCUT2D eigenvalue weighted by Gasteiger charge is 2.46. The highest BCUT2D eigenvalue weighted by Crippen LogP contribution is 2.43. The number of rotatable bonds is 6. The van der Waals surface area contributed by atoms with Crippen molar-refractivity contribution in [2.75, 3.05) is 0 Å². The standard InChI is InChI=1S/C19H11F7N6O/c20-10-1-3-12(14(21)5-10)13(8-32-9-28-30-31-32)18(22,23)17-7-27-16-6-11(33-19(24,25)26)2-4-15(16)29-17/h1-7,9,13H,8H2. The van der Waals surface area contributed by atoms with Crippen molar-refractivity contribution in [1.82, 2.24) is 30.2 Å². The first-order valence-electron chi connectivity index (χ1n) is 9.09. The van der Waals surface area contributed by atoms with Crippen molar-refractivity contribution < 1.29 is 35.5 Å². The molecule has 14 heteroatoms. The van der Waals surface area contributed by atoms with Crippen LogP contribution in [0.2, 0.25) is 0 Å². The van der Waals surface area contributed by atoms with E-state index in [2.05, 4.69) is 30.2 Å². The van der Waals surface area contributed by atoms with Crippen LogP contribution < -0.4 is 4.74 Å². The molecule has 0 saturated heterocycles. The largest absolute Gasteiger partial charge is 0.573 e. The smallest absolute Gasteiger partial charge is 0.406 e. The van der Waals surface area contributed by atoms with Crippen LogP contribution in [0, 0.1) is 11.6 Å². The van der Waals surface area contributed by atoms with Crippen LogP contribution in [0.4, 0.5) is 30.7 Å². The summed E-state index contributed by atoms with van der Waals surface area (Å²) in [5, 5.41) is 10.2. The SMILES string of the molecule is Fc1ccc(C(Cn2cnnn2)C(F)(F)c2cnc3cc(OC(F)(F)F)ccc3n2)c(F)c1. The molecule has 0 N–H and O–H groups in total. The molecule has 4 rings (SSSR count). The number of benzene rings is 2. The Morgan fingerprint density at radius 3 is 2.42 bits per heavy atom. The third-order valence-corrected chi connectivity index (χ3v) is 4.63. The summed E-state index contributed by atoms with van der Waals surface area (Å²) >= 11 is 0. The second-order valence-corrected chi connectivity index (χ2v) is 6.83. The minimum atomic E-state index is -4.95. The van der Waals surface area contributed by atoms with Gasteiger partial charge in [-0.3, -0.25) is 4.98 Å². The van der Waals surface area contributed by atoms with E-state index in [-0.39, 0.29) is 11.0 Å². The van der Waals surface area contributed by atoms with Crippen molar-refractivity contribution in [2.45, 2.75) is 24.7 Å². The Morgan fingerprint density at radius 2 is 1.76 bits per heavy atom. The lowest BCUT2D eigenvalue weighted by molar-refractivity contribution is -0.274. The maximum atomic E-state index is 15.6. The molecule has 2 aromatic heterocycles. The van der Waals surface area contributed by atoms with Gasteiger partial charge in [-0.05, 0) is 34.2 Å². The molecule has 0 bridgehead atoms. The van der Waals surface area contributed by atoms with Crippen molar-refractivity contribution in [3.8, 4) is 5.75 Å². The minimum absolute atomic E-state index is 0.138. The lowest BCUT2D eigenvalue weighted by atomic mass is 9.90. The van der Waals surface area contributed by atoms with Crippen LogP contribution in [0.3, 0.4) is 0 Å². The van der Waals surface area contributed by atoms with E-state index >= 15 is 8.78 Å². The van der Waals surface area contributed by atoms with Gasteiger partial charge in [-0.1, -0.05) is 6.07 Å². The molecule has 1 atom stereocenters. The fourth-order valence-corrected chi connectivity index (χ4v) is 3.17. The molecule has 4 aromatic rings. The van der Waals surface area contributed by atoms with Gasteiger partial charge in [0.25, 0.3) is 5.92 Å². The maximum absolute atomic E-state index is 15.6. The van der Waals surface area contributed by atoms with Crippen LogP contribution >= 0.6 is 0 Å². The fraction of sp³-hybridized carbons (Fsp3) is 0.211. The Labute approximate surface area is 179 Å². The zero-order valence-electron chi connectivity index (χ0n) is 16.1. The third kappa shape index (κ3) is 4.83. The number of ether oxygens (including phenoxy) is 1. The van der Waals surface area contributed by atoms with Gasteiger partial charge in [-0.25, -0.2) is 18.4 Å². The zero-order valence-corrected chi connectivity index (χ0v) is 16.1. The molecule has 0 aliphatic heterocycles. The van der Waals surface area contributed by atoms with Gasteiger partial charge < -0.3 is 4.74 Å². The van der Waals surface area contributed by atoms with Gasteiger partial charge in [0.15, 0.2) is 0 Å². The average molecular weight is 472 g/mol. The lowest BCUT2D eigenvalue weighted by Gasteiger charge is -2.27. The first kappa shape index (κ1) is 22.4. The fourth-order valence-electron chi connectivity index (χ4n) is 3.17. The van der Waals surface area contributed by atoms with Crippen LogP contribution in [0.15, 0.2) is 48.9 Å². The number of fused-ring (bicyclic) bond motifs is 1. The molecule has 2 aromatic carbocycles. The number of hydrogen-bond donors (Lipinski definition) is 0. The van der Waals surface area contributed by atoms with Gasteiger partial charge in [0.1, 0.15) is 29.4 Å². The second-order valence-electron chi connectivity index (χ2n) is 6.83. The molecule has 172 valence electrons. The molecule has 0 aliphatic carbocycles. The molecule has 0 aliphatic rings. The quantitative estimate of drug-likeness (QED) is 0.388. The van der Waals surface area contributed by atoms with Gasteiger partial charge in [0.05, 0.1) is 29.7 Å². The van der Waals surface area contributed by atoms with E-state index in [1.165, 1.54) is 0 Å². The first-order chi connectivity index (χ1) is 15.5. The number of nitrogens with zero attached hydrogens (tertiary/aromatic N) is 6. The van der Waals surface area contributed by atoms with Crippen molar-refractivity contribution in [3.63, 3.8) is 0 Å². The summed E-state index contributed by atoms with van der Waals surface area (Å²) in [4.78, 5) is 7.56. The molecule has 33 heavy (non-hydrogen) atoms. The summed E-state index contributed by atoms with van der Waals surface area (Å²) in [5.41, 5.74) is -1.70. The molecule has 7 nitrogen and oxygen atoms in total. The van der Waals surface area contributed by atoms with Crippen molar-refractivity contribution in [3.05, 3.63) is 71.8 Å². The molecular weight excluding hydrogens is 461 g/mol. The topological polar surface area (TPSA) is 78.6 Å². The molecule has 0 saturated carbocycles. The average Bonchev–Trinajstić information content (AvgIpc) is 3.24. The van der Waals surface area contributed by atoms with E-state index in [4.69, 9.17) is 0 Å². The normalized spacial score (nSPS) is 13.3. The molecule has 1 unspecified atom stereocenters. The van der Waals surface area contributed by atoms with Crippen molar-refractivity contribution in [1.29, 1.82) is 0 Å². The van der Waals surface area contributed by atoms with E-state index in [0.29, 0.717) is 12.3 Å². The second kappa shape index (κ2) is 8.26. The summed E-state index contributed by atoms with van der Waals surface area (Å²) in [6.45, 7) is -0.597. The number of tetrazole rings is 1. The van der Waals surface area contributed by atoms with Crippen molar-refractivity contribution >= 4 is 11.0 Å². The summed E-state index contributed by atoms with van der Waals surface area (Å²) in [6.07, 6.45) is -3.25. The van der Waals surface area contributed by atoms with E-state index < -0.39 is 53.4 Å². The van der Waals surface area contributed by atoms with Crippen LogP contribution in [-0.4, -0.2) is 36.5 Å². The maximum Gasteiger partial charge on any atom is 0.573 e. The van der Waals surface area contributed by atoms with Crippen LogP contribution in [0.5, 0.6) is 5.75 Å². The molecule has 0 radical (unpaired) electrons. The van der Waals surface area contributed by atoms with Gasteiger partial charge >= 0.3 is 6.36 Å². The Hall–Kier alpha value is -3.84. The molecule has 0 amide bonds. The molecule has 2 heterocycles. The van der Waals surface area contributed by atoms with Gasteiger partial charge in [-0.15, -0.1) is 18.3 Å². The monoisotopic (exact) mass is 472 g/mol. The molecular formula is C19H11F7N6O. The summed E-state index contributed by atoms with van der Waals surface area (Å²) in [7, 11) is 0. The highest BCUT2D eigenvalue weighted by molar-refractivity contribution is 5.75. The van der Waals surface area contributed by atoms with Crippen LogP contribution in [0.1, 0.15) is 17.2 Å². The number of aromatic nitrogens is 6. The Bertz CT molecular complexity index is 1280. The predicted octanol–water partition coefficient (Wildman–Crippen LogP) is 4.37. The number of halogens is 7. The first-order valence-corrected chi connectivity index (χ1v) is 9.09. The Balaban J connectivity index is 1.75. The van der Waals surface area contributed by atoms with Crippen LogP contribution in [-0.2, 0) is 12.5 Å². The number of alkyl halides is 5. The van der Waals surface area contributed by atoms with E-state index in [0.717, 1.165) is 41.3 Å². The summed E-state index contributed by atoms with van der Waals surface area (Å²) < 4.78 is 101. The van der Waals surface area contributed by atoms with Gasteiger partial charge in [-0.2, -0.15) is 8.78 Å². The predicted molar refractivity (Wildman–Crippen MR) is 97.0 cm³/mol. The molecule has 0 spiro atoms. The van der Waals surface area contributed by atoms with Gasteiger partial charge in [0, 0.05) is 12.1 Å². The van der Waals surface area contributed by atoms with E-state index in [1.54, 1.807) is 0 Å². The van der Waals surface area contributed by atoms with Crippen LogP contribution in [0.25, 0.3) is 11.0 Å². The van der Waals surface area contributed by atoms with Gasteiger partial charge in [0.2, 0.25) is 0 Å². The minimum Gasteiger partial charge on any atom is -0.406 e. The number of hydrogen-bond acceptors (Lipinski definition) is 6. The lowest BCUT2D eigenvalue weighted by Crippen LogP contribution is -2.30. The van der Waals surface area contributed by atoms with Crippen molar-refractivity contribution in [2.24, 2.45) is 0 Å². The third-order valence-electron chi connectivity index (χ3n) is 4.63. The zero-order chi connectivity index (χ0) is 23.8. The highest BCUT2D eigenvalue weighted by atomic mass is 19.4. The summed E-state index contributed by atoms with van der Waals surface area (Å²) in [6, 6.07) is 4.98. The van der Waals surface area contributed by atoms with E-state index in [1.807, 2.05) is 0 Å². The summed E-state index contributed by atoms with van der Waals surface area (Å²) in [5.74, 6) is -8.57. The Kier molecular flexibility index (Phi) is 5.59. The molecule has 0 fully saturated rings. The Morgan fingerprint density at radius 1 is 0.970 bits per heavy atom. The van der Waals surface area contributed by atoms with E-state index in [9.17, 15) is 22.0 Å².